The molecule has 0 saturated carbocycles. The molecule has 7 heteroatoms. The molecule has 0 aromatic heterocycles. The molecule has 32 heavy (non-hydrogen) atoms. The largest absolute Gasteiger partial charge is 0.361 e. The van der Waals surface area contributed by atoms with Crippen LogP contribution in [0.1, 0.15) is 53.0 Å². The summed E-state index contributed by atoms with van der Waals surface area (Å²) >= 11 is 0. The van der Waals surface area contributed by atoms with E-state index in [1.165, 1.54) is 0 Å². The van der Waals surface area contributed by atoms with Gasteiger partial charge in [0.25, 0.3) is 0 Å². The molecule has 7 nitrogen and oxygen atoms in total. The van der Waals surface area contributed by atoms with Crippen molar-refractivity contribution in [2.45, 2.75) is 77.6 Å². The minimum absolute atomic E-state index is 0.114. The van der Waals surface area contributed by atoms with E-state index in [1.807, 2.05) is 44.2 Å². The van der Waals surface area contributed by atoms with Gasteiger partial charge in [-0.1, -0.05) is 58.0 Å². The third-order valence-corrected chi connectivity index (χ3v) is 5.73. The molecule has 1 heterocycles. The third kappa shape index (κ3) is 7.71. The molecular formula is C25H39N3O4. The Kier molecular flexibility index (Phi) is 9.40. The Morgan fingerprint density at radius 1 is 0.906 bits per heavy atom. The second-order valence-corrected chi connectivity index (χ2v) is 9.80. The number of Topliss-reactive ketones (excluding diaryl/α,β-unsaturated/α-hetero) is 1. The second-order valence-electron chi connectivity index (χ2n) is 9.80. The number of ketones is 1. The Balaban J connectivity index is 2.19. The van der Waals surface area contributed by atoms with Gasteiger partial charge in [-0.15, -0.1) is 0 Å². The van der Waals surface area contributed by atoms with E-state index in [9.17, 15) is 14.4 Å². The number of benzene rings is 1. The molecule has 1 fully saturated rings. The first-order valence-corrected chi connectivity index (χ1v) is 11.6. The van der Waals surface area contributed by atoms with Crippen LogP contribution in [0.2, 0.25) is 0 Å². The van der Waals surface area contributed by atoms with Crippen molar-refractivity contribution in [3.63, 3.8) is 0 Å². The molecular weight excluding hydrogens is 406 g/mol. The topological polar surface area (TPSA) is 99.8 Å². The summed E-state index contributed by atoms with van der Waals surface area (Å²) in [5.41, 5.74) is 0.113. The van der Waals surface area contributed by atoms with Crippen LogP contribution in [0, 0.1) is 11.8 Å². The lowest BCUT2D eigenvalue weighted by atomic mass is 9.93. The molecule has 1 aromatic rings. The van der Waals surface area contributed by atoms with Crippen molar-refractivity contribution in [3.05, 3.63) is 35.9 Å². The molecule has 4 atom stereocenters. The van der Waals surface area contributed by atoms with Gasteiger partial charge < -0.3 is 20.7 Å². The van der Waals surface area contributed by atoms with Gasteiger partial charge in [0.15, 0.2) is 5.78 Å². The number of epoxide rings is 1. The van der Waals surface area contributed by atoms with E-state index in [2.05, 4.69) is 29.8 Å². The highest BCUT2D eigenvalue weighted by atomic mass is 16.6. The average molecular weight is 446 g/mol. The van der Waals surface area contributed by atoms with Gasteiger partial charge in [0.2, 0.25) is 11.8 Å². The fourth-order valence-electron chi connectivity index (χ4n) is 3.75. The highest BCUT2D eigenvalue weighted by Gasteiger charge is 2.50. The Hall–Kier alpha value is -2.25. The number of hydrogen-bond acceptors (Lipinski definition) is 5. The normalized spacial score (nSPS) is 20.5. The van der Waals surface area contributed by atoms with Crippen LogP contribution in [0.25, 0.3) is 0 Å². The zero-order valence-corrected chi connectivity index (χ0v) is 20.2. The van der Waals surface area contributed by atoms with Crippen molar-refractivity contribution in [1.29, 1.82) is 0 Å². The van der Waals surface area contributed by atoms with E-state index in [0.717, 1.165) is 5.56 Å². The number of carbonyl (C=O) groups is 3. The summed E-state index contributed by atoms with van der Waals surface area (Å²) in [6.07, 6.45) is 1.51. The van der Waals surface area contributed by atoms with Crippen LogP contribution in [-0.4, -0.2) is 55.0 Å². The van der Waals surface area contributed by atoms with Crippen LogP contribution in [0.3, 0.4) is 0 Å². The molecule has 2 amide bonds. The van der Waals surface area contributed by atoms with Gasteiger partial charge in [0.1, 0.15) is 11.6 Å². The van der Waals surface area contributed by atoms with Gasteiger partial charge in [-0.25, -0.2) is 0 Å². The second kappa shape index (κ2) is 11.6. The van der Waals surface area contributed by atoms with Crippen LogP contribution >= 0.6 is 0 Å². The first-order chi connectivity index (χ1) is 15.1. The average Bonchev–Trinajstić information content (AvgIpc) is 3.49. The summed E-state index contributed by atoms with van der Waals surface area (Å²) in [6.45, 7) is 10.2. The number of nitrogens with one attached hydrogen (secondary N) is 3. The molecule has 1 aliphatic heterocycles. The zero-order chi connectivity index (χ0) is 23.9. The van der Waals surface area contributed by atoms with Crippen LogP contribution in [0.15, 0.2) is 30.3 Å². The molecule has 1 aromatic carbocycles. The Bertz CT molecular complexity index is 775. The number of hydrogen-bond donors (Lipinski definition) is 3. The van der Waals surface area contributed by atoms with E-state index in [1.54, 1.807) is 14.0 Å². The SMILES string of the molecule is CN[C@@H](CC(C)C)C(=O)N[C@@H](Cc1ccccc1)C(=O)NC(CC(C)C)C(=O)[C@@]1(C)CO1. The Morgan fingerprint density at radius 2 is 1.41 bits per heavy atom. The van der Waals surface area contributed by atoms with Gasteiger partial charge in [0, 0.05) is 6.42 Å². The van der Waals surface area contributed by atoms with Crippen molar-refractivity contribution in [2.24, 2.45) is 11.8 Å². The lowest BCUT2D eigenvalue weighted by Crippen LogP contribution is -2.56. The quantitative estimate of drug-likeness (QED) is 0.405. The lowest BCUT2D eigenvalue weighted by molar-refractivity contribution is -0.133. The van der Waals surface area contributed by atoms with Gasteiger partial charge in [0.05, 0.1) is 18.7 Å². The maximum absolute atomic E-state index is 13.3. The molecule has 1 aliphatic rings. The summed E-state index contributed by atoms with van der Waals surface area (Å²) in [5.74, 6) is -0.149. The number of carbonyl (C=O) groups excluding carboxylic acids is 3. The Labute approximate surface area is 192 Å². The summed E-state index contributed by atoms with van der Waals surface area (Å²) in [4.78, 5) is 39.2. The first-order valence-electron chi connectivity index (χ1n) is 11.6. The number of amides is 2. The molecule has 178 valence electrons. The summed E-state index contributed by atoms with van der Waals surface area (Å²) in [5, 5.41) is 8.87. The molecule has 0 spiro atoms. The fraction of sp³-hybridized carbons (Fsp3) is 0.640. The zero-order valence-electron chi connectivity index (χ0n) is 20.2. The van der Waals surface area contributed by atoms with E-state index in [4.69, 9.17) is 4.74 Å². The molecule has 2 rings (SSSR count). The standard InChI is InChI=1S/C25H39N3O4/c1-16(2)12-19(22(29)25(5)15-32-25)27-24(31)21(14-18-10-8-7-9-11-18)28-23(30)20(26-6)13-17(3)4/h7-11,16-17,19-21,26H,12-15H2,1-6H3,(H,27,31)(H,28,30)/t19?,20-,21-,25+/m0/s1. The fourth-order valence-corrected chi connectivity index (χ4v) is 3.75. The first kappa shape index (κ1) is 26.0. The monoisotopic (exact) mass is 445 g/mol. The van der Waals surface area contributed by atoms with Crippen LogP contribution in [-0.2, 0) is 25.5 Å². The highest BCUT2D eigenvalue weighted by molar-refractivity contribution is 5.98. The van der Waals surface area contributed by atoms with E-state index < -0.39 is 23.7 Å². The molecule has 0 aliphatic carbocycles. The molecule has 1 unspecified atom stereocenters. The predicted molar refractivity (Wildman–Crippen MR) is 125 cm³/mol. The molecule has 0 bridgehead atoms. The van der Waals surface area contributed by atoms with E-state index >= 15 is 0 Å². The van der Waals surface area contributed by atoms with E-state index in [0.29, 0.717) is 31.8 Å². The van der Waals surface area contributed by atoms with Crippen LogP contribution < -0.4 is 16.0 Å². The van der Waals surface area contributed by atoms with Crippen LogP contribution in [0.4, 0.5) is 0 Å². The minimum Gasteiger partial charge on any atom is -0.361 e. The predicted octanol–water partition coefficient (Wildman–Crippen LogP) is 2.24. The molecule has 0 radical (unpaired) electrons. The maximum Gasteiger partial charge on any atom is 0.243 e. The van der Waals surface area contributed by atoms with Crippen molar-refractivity contribution in [2.75, 3.05) is 13.7 Å². The van der Waals surface area contributed by atoms with E-state index in [-0.39, 0.29) is 23.5 Å². The smallest absolute Gasteiger partial charge is 0.243 e. The lowest BCUT2D eigenvalue weighted by Gasteiger charge is -2.26. The maximum atomic E-state index is 13.3. The van der Waals surface area contributed by atoms with Crippen molar-refractivity contribution in [3.8, 4) is 0 Å². The van der Waals surface area contributed by atoms with Gasteiger partial charge in [-0.05, 0) is 44.2 Å². The van der Waals surface area contributed by atoms with Gasteiger partial charge in [-0.2, -0.15) is 0 Å². The Morgan fingerprint density at radius 3 is 1.91 bits per heavy atom. The van der Waals surface area contributed by atoms with Crippen LogP contribution in [0.5, 0.6) is 0 Å². The summed E-state index contributed by atoms with van der Waals surface area (Å²) in [6, 6.07) is 7.72. The highest BCUT2D eigenvalue weighted by Crippen LogP contribution is 2.29. The summed E-state index contributed by atoms with van der Waals surface area (Å²) in [7, 11) is 1.74. The summed E-state index contributed by atoms with van der Waals surface area (Å²) < 4.78 is 5.33. The number of rotatable bonds is 13. The number of ether oxygens (including phenoxy) is 1. The van der Waals surface area contributed by atoms with Crippen molar-refractivity contribution in [1.82, 2.24) is 16.0 Å². The van der Waals surface area contributed by atoms with Crippen molar-refractivity contribution >= 4 is 17.6 Å². The molecule has 3 N–H and O–H groups in total. The molecule has 1 saturated heterocycles. The third-order valence-electron chi connectivity index (χ3n) is 5.73. The minimum atomic E-state index is -0.820. The van der Waals surface area contributed by atoms with Gasteiger partial charge in [-0.3, -0.25) is 14.4 Å². The number of likely N-dealkylation sites (N-methyl/N-ethyl adjacent to an activating group) is 1. The van der Waals surface area contributed by atoms with Gasteiger partial charge >= 0.3 is 0 Å². The van der Waals surface area contributed by atoms with Crippen molar-refractivity contribution < 1.29 is 19.1 Å².